The highest BCUT2D eigenvalue weighted by Gasteiger charge is 2.47. The summed E-state index contributed by atoms with van der Waals surface area (Å²) in [5.41, 5.74) is -0.130. The minimum Gasteiger partial charge on any atom is -0.467 e. The number of rotatable bonds is 5. The highest BCUT2D eigenvalue weighted by Crippen LogP contribution is 2.34. The van der Waals surface area contributed by atoms with Crippen LogP contribution in [0, 0.1) is 11.8 Å². The average Bonchev–Trinajstić information content (AvgIpc) is 2.89. The molecule has 0 unspecified atom stereocenters. The van der Waals surface area contributed by atoms with Gasteiger partial charge < -0.3 is 14.2 Å². The van der Waals surface area contributed by atoms with E-state index in [1.807, 2.05) is 20.8 Å². The van der Waals surface area contributed by atoms with E-state index < -0.39 is 23.7 Å². The zero-order chi connectivity index (χ0) is 20.9. The molecule has 7 nitrogen and oxygen atoms in total. The smallest absolute Gasteiger partial charge is 0.411 e. The second-order valence-electron chi connectivity index (χ2n) is 8.25. The molecule has 0 N–H and O–H groups in total. The van der Waals surface area contributed by atoms with E-state index in [0.717, 1.165) is 0 Å². The molecule has 0 aromatic carbocycles. The number of hydrogen-bond donors (Lipinski definition) is 0. The van der Waals surface area contributed by atoms with E-state index in [2.05, 4.69) is 0 Å². The van der Waals surface area contributed by atoms with Crippen molar-refractivity contribution in [1.29, 1.82) is 0 Å². The van der Waals surface area contributed by atoms with Gasteiger partial charge in [0.15, 0.2) is 0 Å². The Morgan fingerprint density at radius 2 is 1.74 bits per heavy atom. The lowest BCUT2D eigenvalue weighted by molar-refractivity contribution is -0.146. The molecule has 1 aliphatic heterocycles. The molecule has 154 valence electrons. The monoisotopic (exact) mass is 383 g/mol. The molecule has 1 saturated heterocycles. The van der Waals surface area contributed by atoms with Gasteiger partial charge in [0.2, 0.25) is 0 Å². The first-order chi connectivity index (χ1) is 12.4. The lowest BCUT2D eigenvalue weighted by Gasteiger charge is -2.32. The molecule has 3 atom stereocenters. The summed E-state index contributed by atoms with van der Waals surface area (Å²) in [5, 5.41) is 0. The molecule has 0 spiro atoms. The predicted molar refractivity (Wildman–Crippen MR) is 101 cm³/mol. The van der Waals surface area contributed by atoms with Crippen molar-refractivity contribution in [2.75, 3.05) is 14.2 Å². The van der Waals surface area contributed by atoms with Gasteiger partial charge in [-0.2, -0.15) is 0 Å². The second kappa shape index (κ2) is 9.24. The normalized spacial score (nSPS) is 23.4. The third kappa shape index (κ3) is 5.97. The van der Waals surface area contributed by atoms with Crippen LogP contribution in [0.5, 0.6) is 0 Å². The van der Waals surface area contributed by atoms with Gasteiger partial charge in [0, 0.05) is 11.6 Å². The van der Waals surface area contributed by atoms with E-state index in [9.17, 15) is 14.4 Å². The van der Waals surface area contributed by atoms with Crippen molar-refractivity contribution in [2.45, 2.75) is 72.1 Å². The summed E-state index contributed by atoms with van der Waals surface area (Å²) < 4.78 is 15.2. The maximum Gasteiger partial charge on any atom is 0.411 e. The van der Waals surface area contributed by atoms with Gasteiger partial charge in [-0.15, -0.1) is 0 Å². The van der Waals surface area contributed by atoms with Gasteiger partial charge in [-0.3, -0.25) is 4.90 Å². The van der Waals surface area contributed by atoms with Crippen LogP contribution in [0.25, 0.3) is 0 Å². The first-order valence-corrected chi connectivity index (χ1v) is 9.30. The number of likely N-dealkylation sites (tertiary alicyclic amines) is 1. The van der Waals surface area contributed by atoms with Crippen molar-refractivity contribution in [3.05, 3.63) is 11.6 Å². The number of nitrogens with zero attached hydrogens (tertiary/aromatic N) is 1. The highest BCUT2D eigenvalue weighted by molar-refractivity contribution is 5.88. The molecular weight excluding hydrogens is 350 g/mol. The number of carbonyl (C=O) groups is 3. The van der Waals surface area contributed by atoms with E-state index >= 15 is 0 Å². The Morgan fingerprint density at radius 3 is 2.19 bits per heavy atom. The lowest BCUT2D eigenvalue weighted by atomic mass is 9.95. The van der Waals surface area contributed by atoms with Gasteiger partial charge in [-0.25, -0.2) is 14.4 Å². The Bertz CT molecular complexity index is 590. The Balaban J connectivity index is 3.17. The van der Waals surface area contributed by atoms with Gasteiger partial charge in [-0.1, -0.05) is 26.8 Å². The molecule has 7 heteroatoms. The van der Waals surface area contributed by atoms with Crippen LogP contribution < -0.4 is 0 Å². The third-order valence-corrected chi connectivity index (χ3v) is 4.64. The number of carbonyl (C=O) groups excluding carboxylic acids is 3. The summed E-state index contributed by atoms with van der Waals surface area (Å²) in [4.78, 5) is 38.5. The molecule has 1 rings (SSSR count). The molecule has 1 fully saturated rings. The quantitative estimate of drug-likeness (QED) is 0.411. The topological polar surface area (TPSA) is 82.1 Å². The van der Waals surface area contributed by atoms with Crippen molar-refractivity contribution in [3.63, 3.8) is 0 Å². The average molecular weight is 383 g/mol. The molecule has 0 aromatic heterocycles. The fourth-order valence-corrected chi connectivity index (χ4v) is 3.32. The molecule has 1 heterocycles. The predicted octanol–water partition coefficient (Wildman–Crippen LogP) is 3.32. The van der Waals surface area contributed by atoms with E-state index in [0.29, 0.717) is 18.4 Å². The van der Waals surface area contributed by atoms with Crippen molar-refractivity contribution >= 4 is 18.0 Å². The summed E-state index contributed by atoms with van der Waals surface area (Å²) in [6, 6.07) is -0.971. The zero-order valence-electron chi connectivity index (χ0n) is 17.7. The van der Waals surface area contributed by atoms with E-state index in [4.69, 9.17) is 14.2 Å². The van der Waals surface area contributed by atoms with Crippen molar-refractivity contribution in [2.24, 2.45) is 11.8 Å². The Hall–Kier alpha value is -2.05. The molecule has 0 radical (unpaired) electrons. The molecule has 0 bridgehead atoms. The van der Waals surface area contributed by atoms with Crippen LogP contribution in [0.15, 0.2) is 11.6 Å². The van der Waals surface area contributed by atoms with Gasteiger partial charge in [0.05, 0.1) is 14.2 Å². The fraction of sp³-hybridized carbons (Fsp3) is 0.750. The zero-order valence-corrected chi connectivity index (χ0v) is 17.7. The second-order valence-corrected chi connectivity index (χ2v) is 8.25. The fourth-order valence-electron chi connectivity index (χ4n) is 3.32. The first-order valence-electron chi connectivity index (χ1n) is 9.30. The van der Waals surface area contributed by atoms with Crippen LogP contribution in [0.2, 0.25) is 0 Å². The van der Waals surface area contributed by atoms with Crippen LogP contribution in [0.4, 0.5) is 4.79 Å². The largest absolute Gasteiger partial charge is 0.467 e. The molecule has 0 saturated carbocycles. The lowest BCUT2D eigenvalue weighted by Crippen LogP contribution is -2.48. The maximum atomic E-state index is 12.8. The first kappa shape index (κ1) is 23.0. The molecule has 27 heavy (non-hydrogen) atoms. The highest BCUT2D eigenvalue weighted by atomic mass is 16.6. The van der Waals surface area contributed by atoms with E-state index in [1.165, 1.54) is 19.1 Å². The summed E-state index contributed by atoms with van der Waals surface area (Å²) in [6.45, 7) is 11.1. The minimum atomic E-state index is -0.695. The van der Waals surface area contributed by atoms with Crippen molar-refractivity contribution in [1.82, 2.24) is 4.90 Å². The van der Waals surface area contributed by atoms with E-state index in [1.54, 1.807) is 26.8 Å². The number of ether oxygens (including phenoxy) is 3. The summed E-state index contributed by atoms with van der Waals surface area (Å²) in [5.74, 6) is -0.815. The van der Waals surface area contributed by atoms with Crippen LogP contribution >= 0.6 is 0 Å². The summed E-state index contributed by atoms with van der Waals surface area (Å²) in [7, 11) is 2.65. The van der Waals surface area contributed by atoms with Crippen LogP contribution in [0.1, 0.15) is 54.4 Å². The summed E-state index contributed by atoms with van der Waals surface area (Å²) in [6.07, 6.45) is 2.16. The third-order valence-electron chi connectivity index (χ3n) is 4.64. The maximum absolute atomic E-state index is 12.8. The number of hydrogen-bond acceptors (Lipinski definition) is 6. The molecular formula is C20H33NO6. The SMILES string of the molecule is COC(=O)/C(=C/C[C@@H]1[C@H](C)C[C@@H](C(=O)OC)N1C(=O)OC(C)(C)C)C(C)C. The Morgan fingerprint density at radius 1 is 1.15 bits per heavy atom. The van der Waals surface area contributed by atoms with Crippen LogP contribution in [0.3, 0.4) is 0 Å². The van der Waals surface area contributed by atoms with Gasteiger partial charge in [0.25, 0.3) is 0 Å². The van der Waals surface area contributed by atoms with Crippen LogP contribution in [-0.4, -0.2) is 54.8 Å². The number of amides is 1. The minimum absolute atomic E-state index is 0.0134. The number of methoxy groups -OCH3 is 2. The van der Waals surface area contributed by atoms with Crippen molar-refractivity contribution < 1.29 is 28.6 Å². The summed E-state index contributed by atoms with van der Waals surface area (Å²) >= 11 is 0. The van der Waals surface area contributed by atoms with Gasteiger partial charge in [0.1, 0.15) is 11.6 Å². The molecule has 0 aromatic rings. The molecule has 1 aliphatic rings. The molecule has 0 aliphatic carbocycles. The number of esters is 2. The van der Waals surface area contributed by atoms with E-state index in [-0.39, 0.29) is 23.8 Å². The van der Waals surface area contributed by atoms with Gasteiger partial charge >= 0.3 is 18.0 Å². The molecule has 1 amide bonds. The van der Waals surface area contributed by atoms with Gasteiger partial charge in [-0.05, 0) is 45.4 Å². The van der Waals surface area contributed by atoms with Crippen LogP contribution in [-0.2, 0) is 23.8 Å². The Labute approximate surface area is 162 Å². The standard InChI is InChI=1S/C20H33NO6/c1-12(2)14(17(22)25-7)9-10-15-13(3)11-16(18(23)26-8)21(15)19(24)27-20(4,5)6/h9,12-13,15-16H,10-11H2,1-8H3/b14-9+/t13-,15-,16+/m1/s1. The Kier molecular flexibility index (Phi) is 7.87. The van der Waals surface area contributed by atoms with Crippen molar-refractivity contribution in [3.8, 4) is 0 Å².